The molecule has 3 heteroatoms. The lowest BCUT2D eigenvalue weighted by molar-refractivity contribution is -0.671. The van der Waals surface area contributed by atoms with E-state index >= 15 is 0 Å². The smallest absolute Gasteiger partial charge is 0.243 e. The minimum atomic E-state index is 0. The van der Waals surface area contributed by atoms with Crippen molar-refractivity contribution in [2.24, 2.45) is 13.0 Å². The molecule has 0 amide bonds. The molecule has 0 spiro atoms. The van der Waals surface area contributed by atoms with Crippen molar-refractivity contribution in [1.82, 2.24) is 4.57 Å². The van der Waals surface area contributed by atoms with Crippen LogP contribution in [0.15, 0.2) is 18.7 Å². The van der Waals surface area contributed by atoms with Gasteiger partial charge in [-0.1, -0.05) is 213 Å². The zero-order valence-electron chi connectivity index (χ0n) is 30.6. The molecule has 0 aliphatic carbocycles. The van der Waals surface area contributed by atoms with Crippen molar-refractivity contribution >= 4 is 0 Å². The molecule has 0 aromatic carbocycles. The van der Waals surface area contributed by atoms with Gasteiger partial charge in [0.2, 0.25) is 6.33 Å². The molecule has 44 heavy (non-hydrogen) atoms. The Bertz CT molecular complexity index is 657. The van der Waals surface area contributed by atoms with E-state index in [1.165, 1.54) is 218 Å². The summed E-state index contributed by atoms with van der Waals surface area (Å²) in [6, 6.07) is 0. The second kappa shape index (κ2) is 35.4. The van der Waals surface area contributed by atoms with Gasteiger partial charge in [0, 0.05) is 0 Å². The summed E-state index contributed by atoms with van der Waals surface area (Å²) in [5.74, 6) is 0.862. The van der Waals surface area contributed by atoms with Gasteiger partial charge in [0.15, 0.2) is 0 Å². The monoisotopic (exact) mass is 637 g/mol. The van der Waals surface area contributed by atoms with Crippen LogP contribution in [0, 0.1) is 5.92 Å². The quantitative estimate of drug-likeness (QED) is 0.0517. The van der Waals surface area contributed by atoms with E-state index in [0.717, 1.165) is 5.92 Å². The number of rotatable bonds is 35. The summed E-state index contributed by atoms with van der Waals surface area (Å²) in [6.45, 7) is 5.84. The molecule has 1 aromatic rings. The lowest BCUT2D eigenvalue weighted by Gasteiger charge is -2.15. The lowest BCUT2D eigenvalue weighted by atomic mass is 9.93. The van der Waals surface area contributed by atoms with Gasteiger partial charge in [-0.15, -0.1) is 0 Å². The molecule has 1 aromatic heterocycles. The summed E-state index contributed by atoms with van der Waals surface area (Å²) in [7, 11) is 2.15. The molecule has 0 aliphatic heterocycles. The molecule has 0 bridgehead atoms. The summed E-state index contributed by atoms with van der Waals surface area (Å²) >= 11 is 0. The van der Waals surface area contributed by atoms with E-state index in [0.29, 0.717) is 0 Å². The van der Waals surface area contributed by atoms with Gasteiger partial charge in [0.05, 0.1) is 13.6 Å². The third-order valence-electron chi connectivity index (χ3n) is 9.97. The molecule has 2 nitrogen and oxygen atoms in total. The maximum absolute atomic E-state index is 2.43. The molecule has 1 rings (SSSR count). The molecular formula is C41H81ClN2. The fourth-order valence-electron chi connectivity index (χ4n) is 7.02. The highest BCUT2D eigenvalue weighted by atomic mass is 35.5. The summed E-state index contributed by atoms with van der Waals surface area (Å²) in [4.78, 5) is 0. The number of hydrogen-bond donors (Lipinski definition) is 0. The van der Waals surface area contributed by atoms with Crippen molar-refractivity contribution in [3.8, 4) is 0 Å². The van der Waals surface area contributed by atoms with E-state index in [-0.39, 0.29) is 12.4 Å². The van der Waals surface area contributed by atoms with Gasteiger partial charge in [0.1, 0.15) is 12.4 Å². The molecule has 1 atom stereocenters. The highest BCUT2D eigenvalue weighted by molar-refractivity contribution is 4.70. The Hall–Kier alpha value is -0.500. The van der Waals surface area contributed by atoms with Crippen LogP contribution in [0.3, 0.4) is 0 Å². The Balaban J connectivity index is 0.0000185. The molecule has 0 N–H and O–H groups in total. The van der Waals surface area contributed by atoms with Crippen LogP contribution in [-0.4, -0.2) is 4.57 Å². The largest absolute Gasteiger partial charge is 1.00 e. The van der Waals surface area contributed by atoms with Crippen molar-refractivity contribution in [2.75, 3.05) is 0 Å². The second-order valence-electron chi connectivity index (χ2n) is 14.5. The minimum absolute atomic E-state index is 0. The van der Waals surface area contributed by atoms with E-state index in [9.17, 15) is 0 Å². The normalized spacial score (nSPS) is 12.1. The first-order valence-corrected chi connectivity index (χ1v) is 20.3. The van der Waals surface area contributed by atoms with Crippen LogP contribution in [0.2, 0.25) is 0 Å². The van der Waals surface area contributed by atoms with Gasteiger partial charge in [-0.05, 0) is 18.8 Å². The van der Waals surface area contributed by atoms with Gasteiger partial charge in [-0.2, -0.15) is 0 Å². The third kappa shape index (κ3) is 30.2. The fraction of sp³-hybridized carbons (Fsp3) is 0.927. The zero-order chi connectivity index (χ0) is 30.9. The number of halogens is 1. The Morgan fingerprint density at radius 2 is 0.705 bits per heavy atom. The molecule has 0 saturated heterocycles. The Kier molecular flexibility index (Phi) is 35.0. The minimum Gasteiger partial charge on any atom is -1.00 e. The molecule has 0 fully saturated rings. The van der Waals surface area contributed by atoms with Crippen LogP contribution in [0.4, 0.5) is 0 Å². The molecule has 1 unspecified atom stereocenters. The van der Waals surface area contributed by atoms with Crippen molar-refractivity contribution in [1.29, 1.82) is 0 Å². The van der Waals surface area contributed by atoms with Crippen molar-refractivity contribution in [3.63, 3.8) is 0 Å². The molecule has 0 aliphatic rings. The summed E-state index contributed by atoms with van der Waals surface area (Å²) in [5, 5.41) is 0. The van der Waals surface area contributed by atoms with Gasteiger partial charge in [-0.25, -0.2) is 9.13 Å². The zero-order valence-corrected chi connectivity index (χ0v) is 31.4. The topological polar surface area (TPSA) is 8.81 Å². The van der Waals surface area contributed by atoms with Crippen molar-refractivity contribution in [3.05, 3.63) is 18.7 Å². The SMILES string of the molecule is CCCCCCCCCCCCCCCCCCC(CCCCCCCCCCCCCCCCC)Cn1cc[n+](C)c1.[Cl-]. The maximum atomic E-state index is 2.43. The number of nitrogens with zero attached hydrogens (tertiary/aromatic N) is 2. The number of imidazole rings is 1. The van der Waals surface area contributed by atoms with Crippen LogP contribution < -0.4 is 17.0 Å². The average molecular weight is 638 g/mol. The highest BCUT2D eigenvalue weighted by Gasteiger charge is 2.13. The predicted molar refractivity (Wildman–Crippen MR) is 193 cm³/mol. The Morgan fingerprint density at radius 1 is 0.432 bits per heavy atom. The summed E-state index contributed by atoms with van der Waals surface area (Å²) in [5.41, 5.74) is 0. The van der Waals surface area contributed by atoms with E-state index < -0.39 is 0 Å². The first-order valence-electron chi connectivity index (χ1n) is 20.3. The molecule has 1 heterocycles. The first kappa shape index (κ1) is 43.5. The van der Waals surface area contributed by atoms with Crippen LogP contribution in [0.25, 0.3) is 0 Å². The summed E-state index contributed by atoms with van der Waals surface area (Å²) in [6.07, 6.45) is 54.9. The van der Waals surface area contributed by atoms with Gasteiger partial charge < -0.3 is 12.4 Å². The van der Waals surface area contributed by atoms with E-state index in [1.807, 2.05) is 0 Å². The molecule has 0 radical (unpaired) electrons. The van der Waals surface area contributed by atoms with Gasteiger partial charge in [0.25, 0.3) is 0 Å². The molecule has 0 saturated carbocycles. The number of aromatic nitrogens is 2. The standard InChI is InChI=1S/C41H81N2.ClH/c1-4-6-8-10-12-14-16-18-20-22-24-26-28-30-32-34-36-41(39-43-38-37-42(3)40-43)35-33-31-29-27-25-23-21-19-17-15-13-11-9-7-5-2;/h37-38,40-41H,4-36,39H2,1-3H3;1H/q+1;/p-1. The Morgan fingerprint density at radius 3 is 0.955 bits per heavy atom. The number of hydrogen-bond acceptors (Lipinski definition) is 0. The number of unbranched alkanes of at least 4 members (excludes halogenated alkanes) is 29. The highest BCUT2D eigenvalue weighted by Crippen LogP contribution is 2.22. The van der Waals surface area contributed by atoms with Crippen LogP contribution >= 0.6 is 0 Å². The second-order valence-corrected chi connectivity index (χ2v) is 14.5. The Labute approximate surface area is 284 Å². The van der Waals surface area contributed by atoms with E-state index in [1.54, 1.807) is 0 Å². The average Bonchev–Trinajstić information content (AvgIpc) is 3.42. The van der Waals surface area contributed by atoms with E-state index in [2.05, 4.69) is 48.8 Å². The lowest BCUT2D eigenvalue weighted by Crippen LogP contribution is -3.00. The van der Waals surface area contributed by atoms with Gasteiger partial charge >= 0.3 is 0 Å². The molecular weight excluding hydrogens is 556 g/mol. The van der Waals surface area contributed by atoms with Crippen LogP contribution in [0.5, 0.6) is 0 Å². The van der Waals surface area contributed by atoms with E-state index in [4.69, 9.17) is 0 Å². The fourth-order valence-corrected chi connectivity index (χ4v) is 7.02. The number of aryl methyl sites for hydroxylation is 1. The van der Waals surface area contributed by atoms with Crippen molar-refractivity contribution < 1.29 is 17.0 Å². The third-order valence-corrected chi connectivity index (χ3v) is 9.97. The van der Waals surface area contributed by atoms with Crippen LogP contribution in [0.1, 0.15) is 226 Å². The van der Waals surface area contributed by atoms with Crippen molar-refractivity contribution in [2.45, 2.75) is 232 Å². The molecule has 262 valence electrons. The summed E-state index contributed by atoms with van der Waals surface area (Å²) < 4.78 is 4.63. The maximum Gasteiger partial charge on any atom is 0.243 e. The predicted octanol–water partition coefficient (Wildman–Crippen LogP) is 10.8. The first-order chi connectivity index (χ1) is 21.3. The van der Waals surface area contributed by atoms with Crippen LogP contribution in [-0.2, 0) is 13.6 Å². The van der Waals surface area contributed by atoms with Gasteiger partial charge in [-0.3, -0.25) is 0 Å².